The van der Waals surface area contributed by atoms with Crippen molar-refractivity contribution in [2.75, 3.05) is 32.5 Å². The highest BCUT2D eigenvalue weighted by molar-refractivity contribution is 6.00. The zero-order chi connectivity index (χ0) is 32.5. The smallest absolute Gasteiger partial charge is 0.270 e. The van der Waals surface area contributed by atoms with Crippen LogP contribution in [0.1, 0.15) is 81.3 Å². The number of aryl methyl sites for hydroxylation is 1. The maximum absolute atomic E-state index is 15.5. The summed E-state index contributed by atoms with van der Waals surface area (Å²) in [5, 5.41) is 12.6. The molecule has 3 N–H and O–H groups in total. The lowest BCUT2D eigenvalue weighted by Crippen LogP contribution is -2.53. The van der Waals surface area contributed by atoms with Gasteiger partial charge in [-0.1, -0.05) is 32.3 Å². The quantitative estimate of drug-likeness (QED) is 0.332. The Morgan fingerprint density at radius 2 is 1.71 bits per heavy atom. The van der Waals surface area contributed by atoms with Crippen LogP contribution in [0.5, 0.6) is 0 Å². The van der Waals surface area contributed by atoms with Crippen molar-refractivity contribution in [3.63, 3.8) is 0 Å². The van der Waals surface area contributed by atoms with E-state index in [-0.39, 0.29) is 36.3 Å². The molecule has 4 rings (SSSR count). The summed E-state index contributed by atoms with van der Waals surface area (Å²) in [4.78, 5) is 56.4. The highest BCUT2D eigenvalue weighted by atomic mass is 19.1. The number of likely N-dealkylation sites (tertiary alicyclic amines) is 1. The highest BCUT2D eigenvalue weighted by Gasteiger charge is 2.33. The molecule has 2 aromatic rings. The highest BCUT2D eigenvalue weighted by Crippen LogP contribution is 2.28. The third-order valence-electron chi connectivity index (χ3n) is 9.13. The predicted octanol–water partition coefficient (Wildman–Crippen LogP) is 3.35. The first kappa shape index (κ1) is 34.1. The van der Waals surface area contributed by atoms with Gasteiger partial charge in [0.05, 0.1) is 5.69 Å². The van der Waals surface area contributed by atoms with Gasteiger partial charge in [-0.25, -0.2) is 4.39 Å². The van der Waals surface area contributed by atoms with E-state index in [1.54, 1.807) is 34.8 Å². The molecule has 2 atom stereocenters. The van der Waals surface area contributed by atoms with Gasteiger partial charge < -0.3 is 25.8 Å². The molecule has 1 saturated heterocycles. The van der Waals surface area contributed by atoms with Crippen LogP contribution in [-0.4, -0.2) is 88.5 Å². The van der Waals surface area contributed by atoms with E-state index in [0.717, 1.165) is 44.9 Å². The maximum atomic E-state index is 15.5. The number of aromatic nitrogens is 2. The number of rotatable bonds is 12. The molecule has 0 unspecified atom stereocenters. The van der Waals surface area contributed by atoms with Gasteiger partial charge >= 0.3 is 0 Å². The predicted molar refractivity (Wildman–Crippen MR) is 170 cm³/mol. The minimum Gasteiger partial charge on any atom is -0.344 e. The molecule has 4 amide bonds. The number of carbonyl (C=O) groups excluding carboxylic acids is 4. The lowest BCUT2D eigenvalue weighted by atomic mass is 9.83. The molecule has 0 spiro atoms. The van der Waals surface area contributed by atoms with Gasteiger partial charge in [-0.15, -0.1) is 0 Å². The van der Waals surface area contributed by atoms with E-state index in [9.17, 15) is 19.2 Å². The summed E-state index contributed by atoms with van der Waals surface area (Å²) in [6.07, 6.45) is 8.17. The number of hydrogen-bond acceptors (Lipinski definition) is 6. The van der Waals surface area contributed by atoms with E-state index in [1.165, 1.54) is 12.1 Å². The maximum Gasteiger partial charge on any atom is 0.270 e. The Morgan fingerprint density at radius 1 is 1.00 bits per heavy atom. The molecule has 1 aliphatic carbocycles. The van der Waals surface area contributed by atoms with Crippen molar-refractivity contribution in [3.8, 4) is 0 Å². The van der Waals surface area contributed by atoms with Crippen molar-refractivity contribution in [1.82, 2.24) is 30.2 Å². The lowest BCUT2D eigenvalue weighted by Gasteiger charge is -2.37. The number of amides is 4. The monoisotopic (exact) mass is 625 g/mol. The summed E-state index contributed by atoms with van der Waals surface area (Å²) in [6, 6.07) is 4.78. The Morgan fingerprint density at radius 3 is 2.33 bits per heavy atom. The number of benzene rings is 1. The minimum absolute atomic E-state index is 0.0105. The first-order chi connectivity index (χ1) is 21.6. The fourth-order valence-corrected chi connectivity index (χ4v) is 6.41. The zero-order valence-corrected chi connectivity index (χ0v) is 27.0. The van der Waals surface area contributed by atoms with Crippen molar-refractivity contribution >= 4 is 29.3 Å². The van der Waals surface area contributed by atoms with Gasteiger partial charge in [0, 0.05) is 44.7 Å². The number of halogens is 1. The van der Waals surface area contributed by atoms with Gasteiger partial charge in [0.15, 0.2) is 0 Å². The van der Waals surface area contributed by atoms with E-state index < -0.39 is 29.7 Å². The number of nitrogens with zero attached hydrogens (tertiary/aromatic N) is 4. The summed E-state index contributed by atoms with van der Waals surface area (Å²) >= 11 is 0. The molecule has 0 radical (unpaired) electrons. The number of anilines is 1. The SMILES string of the molecule is CCC(=O)N[C@H](Cc1ccc(NC(=O)[C@@H](NC(=O)c2ccnn2CC)C2CCCCC2)c(F)c1)C(=O)N1CCC(N(C)C)CC1. The van der Waals surface area contributed by atoms with E-state index in [1.807, 2.05) is 21.0 Å². The van der Waals surface area contributed by atoms with Gasteiger partial charge in [-0.3, -0.25) is 23.9 Å². The second kappa shape index (κ2) is 16.0. The molecule has 1 saturated carbocycles. The van der Waals surface area contributed by atoms with Crippen molar-refractivity contribution in [3.05, 3.63) is 47.5 Å². The summed E-state index contributed by atoms with van der Waals surface area (Å²) in [5.41, 5.74) is 0.875. The summed E-state index contributed by atoms with van der Waals surface area (Å²) in [7, 11) is 4.06. The number of nitrogens with one attached hydrogen (secondary N) is 3. The van der Waals surface area contributed by atoms with Gasteiger partial charge in [-0.2, -0.15) is 5.10 Å². The second-order valence-corrected chi connectivity index (χ2v) is 12.4. The van der Waals surface area contributed by atoms with Crippen LogP contribution in [-0.2, 0) is 27.3 Å². The molecule has 0 bridgehead atoms. The Balaban J connectivity index is 1.46. The molecule has 2 aliphatic rings. The number of hydrogen-bond donors (Lipinski definition) is 3. The first-order valence-corrected chi connectivity index (χ1v) is 16.3. The van der Waals surface area contributed by atoms with Crippen LogP contribution in [0.15, 0.2) is 30.5 Å². The van der Waals surface area contributed by atoms with Crippen LogP contribution in [0.25, 0.3) is 0 Å². The average Bonchev–Trinajstić information content (AvgIpc) is 3.54. The normalized spacial score (nSPS) is 17.5. The van der Waals surface area contributed by atoms with E-state index in [2.05, 4.69) is 25.9 Å². The summed E-state index contributed by atoms with van der Waals surface area (Å²) < 4.78 is 17.0. The van der Waals surface area contributed by atoms with Gasteiger partial charge in [0.25, 0.3) is 5.91 Å². The Hall–Kier alpha value is -3.80. The second-order valence-electron chi connectivity index (χ2n) is 12.4. The Bertz CT molecular complexity index is 1330. The first-order valence-electron chi connectivity index (χ1n) is 16.3. The summed E-state index contributed by atoms with van der Waals surface area (Å²) in [5.74, 6) is -2.03. The topological polar surface area (TPSA) is 129 Å². The van der Waals surface area contributed by atoms with Gasteiger partial charge in [0.2, 0.25) is 17.7 Å². The lowest BCUT2D eigenvalue weighted by molar-refractivity contribution is -0.137. The van der Waals surface area contributed by atoms with E-state index in [0.29, 0.717) is 36.9 Å². The van der Waals surface area contributed by atoms with E-state index in [4.69, 9.17) is 0 Å². The van der Waals surface area contributed by atoms with Crippen LogP contribution in [0.3, 0.4) is 0 Å². The van der Waals surface area contributed by atoms with Crippen molar-refractivity contribution in [2.45, 2.75) is 96.3 Å². The molecule has 1 aliphatic heterocycles. The molecule has 11 nitrogen and oxygen atoms in total. The summed E-state index contributed by atoms with van der Waals surface area (Å²) in [6.45, 7) is 5.30. The van der Waals surface area contributed by atoms with Crippen LogP contribution >= 0.6 is 0 Å². The molecular weight excluding hydrogens is 577 g/mol. The third kappa shape index (κ3) is 8.90. The van der Waals surface area contributed by atoms with Crippen molar-refractivity contribution < 1.29 is 23.6 Å². The molecular formula is C33H48FN7O4. The zero-order valence-electron chi connectivity index (χ0n) is 27.0. The fourth-order valence-electron chi connectivity index (χ4n) is 6.41. The van der Waals surface area contributed by atoms with Crippen LogP contribution in [0.2, 0.25) is 0 Å². The molecule has 12 heteroatoms. The Kier molecular flexibility index (Phi) is 12.1. The molecule has 1 aromatic carbocycles. The van der Waals surface area contributed by atoms with Crippen LogP contribution in [0.4, 0.5) is 10.1 Å². The van der Waals surface area contributed by atoms with Crippen molar-refractivity contribution in [2.24, 2.45) is 5.92 Å². The molecule has 2 fully saturated rings. The fraction of sp³-hybridized carbons (Fsp3) is 0.606. The number of piperidine rings is 1. The van der Waals surface area contributed by atoms with Crippen LogP contribution < -0.4 is 16.0 Å². The largest absolute Gasteiger partial charge is 0.344 e. The third-order valence-corrected chi connectivity index (χ3v) is 9.13. The average molecular weight is 626 g/mol. The minimum atomic E-state index is -0.833. The van der Waals surface area contributed by atoms with Crippen LogP contribution in [0, 0.1) is 11.7 Å². The number of carbonyl (C=O) groups is 4. The Labute approximate surface area is 265 Å². The van der Waals surface area contributed by atoms with Gasteiger partial charge in [0.1, 0.15) is 23.6 Å². The van der Waals surface area contributed by atoms with E-state index >= 15 is 4.39 Å². The standard InChI is InChI=1S/C33H48FN7O4/c1-5-29(42)36-27(33(45)40-18-15-24(16-19-40)39(3)4)21-22-12-13-26(25(34)20-22)37-32(44)30(23-10-8-7-9-11-23)38-31(43)28-14-17-35-41(28)6-2/h12-14,17,20,23-24,27,30H,5-11,15-16,18-19,21H2,1-4H3,(H,36,42)(H,37,44)(H,38,43)/t27-,30+/m1/s1. The van der Waals surface area contributed by atoms with Gasteiger partial charge in [-0.05, 0) is 76.4 Å². The molecule has 2 heterocycles. The molecule has 1 aromatic heterocycles. The van der Waals surface area contributed by atoms with Crippen molar-refractivity contribution in [1.29, 1.82) is 0 Å². The molecule has 246 valence electrons. The molecule has 45 heavy (non-hydrogen) atoms.